The lowest BCUT2D eigenvalue weighted by Gasteiger charge is -2.33. The van der Waals surface area contributed by atoms with E-state index in [0.717, 1.165) is 0 Å². The highest BCUT2D eigenvalue weighted by Crippen LogP contribution is 2.25. The summed E-state index contributed by atoms with van der Waals surface area (Å²) in [6.07, 6.45) is 0.932. The average Bonchev–Trinajstić information content (AvgIpc) is 2.68. The van der Waals surface area contributed by atoms with E-state index in [2.05, 4.69) is 5.32 Å². The minimum Gasteiger partial charge on any atom is -0.444 e. The van der Waals surface area contributed by atoms with Crippen LogP contribution in [0.2, 0.25) is 0 Å². The summed E-state index contributed by atoms with van der Waals surface area (Å²) in [6.45, 7) is 12.3. The quantitative estimate of drug-likeness (QED) is 0.710. The van der Waals surface area contributed by atoms with Gasteiger partial charge in [-0.2, -0.15) is 4.31 Å². The van der Waals surface area contributed by atoms with Crippen molar-refractivity contribution in [2.24, 2.45) is 5.92 Å². The zero-order valence-corrected chi connectivity index (χ0v) is 20.2. The maximum absolute atomic E-state index is 12.9. The summed E-state index contributed by atoms with van der Waals surface area (Å²) < 4.78 is 32.7. The molecule has 0 aliphatic carbocycles. The molecule has 0 radical (unpaired) electrons. The van der Waals surface area contributed by atoms with Crippen molar-refractivity contribution in [3.05, 3.63) is 23.8 Å². The Labute approximate surface area is 186 Å². The van der Waals surface area contributed by atoms with Crippen LogP contribution in [0.15, 0.2) is 23.1 Å². The average molecular weight is 454 g/mol. The van der Waals surface area contributed by atoms with E-state index >= 15 is 0 Å². The van der Waals surface area contributed by atoms with Crippen molar-refractivity contribution in [3.8, 4) is 0 Å². The Hall–Kier alpha value is -2.13. The fraction of sp³-hybridized carbons (Fsp3) is 0.636. The van der Waals surface area contributed by atoms with Crippen molar-refractivity contribution >= 4 is 27.7 Å². The van der Waals surface area contributed by atoms with Crippen LogP contribution in [0.3, 0.4) is 0 Å². The summed E-state index contributed by atoms with van der Waals surface area (Å²) in [5.41, 5.74) is 0.454. The zero-order chi connectivity index (χ0) is 23.4. The number of sulfonamides is 1. The molecule has 1 atom stereocenters. The van der Waals surface area contributed by atoms with E-state index in [4.69, 9.17) is 4.74 Å². The molecule has 1 fully saturated rings. The van der Waals surface area contributed by atoms with Gasteiger partial charge in [0.15, 0.2) is 0 Å². The molecule has 0 saturated carbocycles. The van der Waals surface area contributed by atoms with Crippen LogP contribution in [0.25, 0.3) is 0 Å². The van der Waals surface area contributed by atoms with Gasteiger partial charge in [-0.1, -0.05) is 19.9 Å². The first-order valence-corrected chi connectivity index (χ1v) is 12.2. The summed E-state index contributed by atoms with van der Waals surface area (Å²) in [5.74, 6) is -0.617. The smallest absolute Gasteiger partial charge is 0.410 e. The number of carbonyl (C=O) groups excluding carboxylic acids is 2. The second-order valence-electron chi connectivity index (χ2n) is 8.82. The molecule has 1 heterocycles. The van der Waals surface area contributed by atoms with Crippen LogP contribution in [0.1, 0.15) is 53.0 Å². The lowest BCUT2D eigenvalue weighted by molar-refractivity contribution is -0.121. The van der Waals surface area contributed by atoms with Gasteiger partial charge in [0.05, 0.1) is 10.8 Å². The first-order valence-electron chi connectivity index (χ1n) is 10.8. The number of likely N-dealkylation sites (tertiary alicyclic amines) is 1. The molecule has 0 aromatic heterocycles. The van der Waals surface area contributed by atoms with Crippen molar-refractivity contribution in [1.82, 2.24) is 9.21 Å². The predicted molar refractivity (Wildman–Crippen MR) is 120 cm³/mol. The van der Waals surface area contributed by atoms with Crippen LogP contribution in [0.4, 0.5) is 10.5 Å². The number of nitrogens with one attached hydrogen (secondary N) is 1. The Morgan fingerprint density at radius 2 is 1.87 bits per heavy atom. The van der Waals surface area contributed by atoms with Gasteiger partial charge in [0, 0.05) is 31.9 Å². The molecule has 1 aromatic rings. The molecular weight excluding hydrogens is 418 g/mol. The molecule has 9 heteroatoms. The molecule has 0 bridgehead atoms. The number of anilines is 1. The van der Waals surface area contributed by atoms with Crippen LogP contribution in [-0.4, -0.2) is 61.4 Å². The second kappa shape index (κ2) is 9.99. The monoisotopic (exact) mass is 453 g/mol. The number of piperidine rings is 1. The number of hydrogen-bond acceptors (Lipinski definition) is 5. The summed E-state index contributed by atoms with van der Waals surface area (Å²) >= 11 is 0. The van der Waals surface area contributed by atoms with Gasteiger partial charge in [0.25, 0.3) is 0 Å². The summed E-state index contributed by atoms with van der Waals surface area (Å²) in [4.78, 5) is 27.0. The lowest BCUT2D eigenvalue weighted by atomic mass is 9.97. The Morgan fingerprint density at radius 1 is 1.23 bits per heavy atom. The maximum atomic E-state index is 12.9. The van der Waals surface area contributed by atoms with Crippen molar-refractivity contribution < 1.29 is 22.7 Å². The number of nitrogens with zero attached hydrogens (tertiary/aromatic N) is 2. The minimum absolute atomic E-state index is 0.188. The summed E-state index contributed by atoms with van der Waals surface area (Å²) in [7, 11) is -3.64. The number of ether oxygens (including phenoxy) is 1. The van der Waals surface area contributed by atoms with E-state index < -0.39 is 21.7 Å². The van der Waals surface area contributed by atoms with E-state index in [0.29, 0.717) is 43.7 Å². The predicted octanol–water partition coefficient (Wildman–Crippen LogP) is 3.61. The van der Waals surface area contributed by atoms with Crippen molar-refractivity contribution in [1.29, 1.82) is 0 Å². The Balaban J connectivity index is 2.14. The van der Waals surface area contributed by atoms with E-state index in [9.17, 15) is 18.0 Å². The molecule has 1 saturated heterocycles. The van der Waals surface area contributed by atoms with E-state index in [1.807, 2.05) is 0 Å². The minimum atomic E-state index is -3.64. The van der Waals surface area contributed by atoms with Crippen LogP contribution in [-0.2, 0) is 19.6 Å². The molecule has 1 N–H and O–H groups in total. The third kappa shape index (κ3) is 6.43. The molecule has 8 nitrogen and oxygen atoms in total. The number of amides is 2. The highest BCUT2D eigenvalue weighted by molar-refractivity contribution is 7.89. The highest BCUT2D eigenvalue weighted by atomic mass is 32.2. The van der Waals surface area contributed by atoms with Crippen LogP contribution in [0.5, 0.6) is 0 Å². The number of hydrogen-bond donors (Lipinski definition) is 1. The Bertz CT molecular complexity index is 904. The van der Waals surface area contributed by atoms with Gasteiger partial charge in [0.2, 0.25) is 15.9 Å². The molecule has 1 aliphatic heterocycles. The molecule has 0 spiro atoms. The molecule has 1 unspecified atom stereocenters. The third-order valence-electron chi connectivity index (χ3n) is 5.22. The Morgan fingerprint density at radius 3 is 2.45 bits per heavy atom. The third-order valence-corrected chi connectivity index (χ3v) is 7.41. The fourth-order valence-electron chi connectivity index (χ4n) is 3.59. The topological polar surface area (TPSA) is 96.0 Å². The van der Waals surface area contributed by atoms with Gasteiger partial charge in [-0.15, -0.1) is 0 Å². The number of benzene rings is 1. The highest BCUT2D eigenvalue weighted by Gasteiger charge is 2.31. The van der Waals surface area contributed by atoms with E-state index in [1.54, 1.807) is 58.6 Å². The largest absolute Gasteiger partial charge is 0.444 e. The second-order valence-corrected chi connectivity index (χ2v) is 10.7. The van der Waals surface area contributed by atoms with Crippen molar-refractivity contribution in [2.45, 2.75) is 64.9 Å². The normalized spacial score (nSPS) is 17.5. The van der Waals surface area contributed by atoms with Gasteiger partial charge >= 0.3 is 6.09 Å². The fourth-order valence-corrected chi connectivity index (χ4v) is 5.29. The molecule has 174 valence electrons. The van der Waals surface area contributed by atoms with E-state index in [-0.39, 0.29) is 23.3 Å². The van der Waals surface area contributed by atoms with Gasteiger partial charge in [-0.3, -0.25) is 4.79 Å². The van der Waals surface area contributed by atoms with Gasteiger partial charge in [-0.05, 0) is 58.2 Å². The van der Waals surface area contributed by atoms with Gasteiger partial charge in [-0.25, -0.2) is 13.2 Å². The standard InChI is InChI=1S/C22H35N3O5S/c1-7-25(8-2)31(28,29)19-14-18(12-11-16(19)3)23-20(26)17-10-9-13-24(15-17)21(27)30-22(4,5)6/h11-12,14,17H,7-10,13,15H2,1-6H3,(H,23,26). The number of carbonyl (C=O) groups is 2. The molecular formula is C22H35N3O5S. The summed E-state index contributed by atoms with van der Waals surface area (Å²) in [5, 5.41) is 2.83. The lowest BCUT2D eigenvalue weighted by Crippen LogP contribution is -2.45. The van der Waals surface area contributed by atoms with Crippen LogP contribution in [0, 0.1) is 12.8 Å². The zero-order valence-electron chi connectivity index (χ0n) is 19.4. The van der Waals surface area contributed by atoms with E-state index in [1.165, 1.54) is 10.4 Å². The van der Waals surface area contributed by atoms with Crippen molar-refractivity contribution in [2.75, 3.05) is 31.5 Å². The van der Waals surface area contributed by atoms with Gasteiger partial charge in [0.1, 0.15) is 5.60 Å². The van der Waals surface area contributed by atoms with Crippen molar-refractivity contribution in [3.63, 3.8) is 0 Å². The maximum Gasteiger partial charge on any atom is 0.410 e. The molecule has 2 amide bonds. The molecule has 31 heavy (non-hydrogen) atoms. The van der Waals surface area contributed by atoms with Crippen LogP contribution >= 0.6 is 0 Å². The molecule has 1 aliphatic rings. The summed E-state index contributed by atoms with van der Waals surface area (Å²) in [6, 6.07) is 4.90. The molecule has 2 rings (SSSR count). The SMILES string of the molecule is CCN(CC)S(=O)(=O)c1cc(NC(=O)C2CCCN(C(=O)OC(C)(C)C)C2)ccc1C. The molecule has 1 aromatic carbocycles. The Kier molecular flexibility index (Phi) is 8.10. The van der Waals surface area contributed by atoms with Gasteiger partial charge < -0.3 is 15.0 Å². The first kappa shape index (κ1) is 25.1. The first-order chi connectivity index (χ1) is 14.4. The number of aryl methyl sites for hydroxylation is 1. The van der Waals surface area contributed by atoms with Crippen LogP contribution < -0.4 is 5.32 Å². The number of rotatable bonds is 6.